The Morgan fingerprint density at radius 2 is 1.94 bits per heavy atom. The minimum Gasteiger partial charge on any atom is -0.467 e. The lowest BCUT2D eigenvalue weighted by molar-refractivity contribution is -0.144. The fourth-order valence-electron chi connectivity index (χ4n) is 4.99. The second kappa shape index (κ2) is 9.08. The first-order valence-electron chi connectivity index (χ1n) is 11.1. The van der Waals surface area contributed by atoms with E-state index in [1.807, 2.05) is 13.8 Å². The van der Waals surface area contributed by atoms with Crippen LogP contribution in [0.15, 0.2) is 11.6 Å². The lowest BCUT2D eigenvalue weighted by Gasteiger charge is -2.42. The maximum atomic E-state index is 12.6. The molecule has 0 aromatic heterocycles. The van der Waals surface area contributed by atoms with Crippen LogP contribution in [0.3, 0.4) is 0 Å². The summed E-state index contributed by atoms with van der Waals surface area (Å²) < 4.78 is 28.5. The van der Waals surface area contributed by atoms with E-state index >= 15 is 0 Å². The Bertz CT molecular complexity index is 713. The van der Waals surface area contributed by atoms with Gasteiger partial charge in [-0.1, -0.05) is 25.5 Å². The van der Waals surface area contributed by atoms with Crippen LogP contribution in [0.1, 0.15) is 53.9 Å². The molecule has 31 heavy (non-hydrogen) atoms. The molecule has 2 aliphatic heterocycles. The number of allylic oxidation sites excluding steroid dienone is 1. The van der Waals surface area contributed by atoms with Crippen molar-refractivity contribution in [3.63, 3.8) is 0 Å². The SMILES string of the molecule is COC(=O)[C@H](NC(=O)O[C@@H]1CC[C@]2(CO2)[C@H]([C@@]2(C)O[C@@H]2CC=C(C)C)[C@@H]1OC)C(C)C. The molecule has 0 aromatic rings. The van der Waals surface area contributed by atoms with Gasteiger partial charge < -0.3 is 29.0 Å². The van der Waals surface area contributed by atoms with E-state index in [-0.39, 0.29) is 29.6 Å². The number of rotatable bonds is 8. The lowest BCUT2D eigenvalue weighted by atomic mass is 9.68. The van der Waals surface area contributed by atoms with E-state index in [1.165, 1.54) is 12.7 Å². The summed E-state index contributed by atoms with van der Waals surface area (Å²) in [6, 6.07) is -0.770. The highest BCUT2D eigenvalue weighted by Crippen LogP contribution is 2.59. The number of amides is 1. The molecule has 3 rings (SSSR count). The van der Waals surface area contributed by atoms with Gasteiger partial charge in [0.15, 0.2) is 0 Å². The second-order valence-electron chi connectivity index (χ2n) is 9.71. The lowest BCUT2D eigenvalue weighted by Crippen LogP contribution is -2.56. The number of methoxy groups -OCH3 is 2. The van der Waals surface area contributed by atoms with Crippen LogP contribution >= 0.6 is 0 Å². The highest BCUT2D eigenvalue weighted by Gasteiger charge is 2.72. The third-order valence-corrected chi connectivity index (χ3v) is 6.89. The molecule has 0 unspecified atom stereocenters. The molecule has 1 amide bonds. The Morgan fingerprint density at radius 1 is 1.26 bits per heavy atom. The molecule has 0 bridgehead atoms. The van der Waals surface area contributed by atoms with Gasteiger partial charge in [-0.2, -0.15) is 0 Å². The fourth-order valence-corrected chi connectivity index (χ4v) is 4.99. The molecule has 8 nitrogen and oxygen atoms in total. The highest BCUT2D eigenvalue weighted by atomic mass is 16.6. The monoisotopic (exact) mass is 439 g/mol. The van der Waals surface area contributed by atoms with Crippen molar-refractivity contribution in [3.05, 3.63) is 11.6 Å². The van der Waals surface area contributed by atoms with Crippen molar-refractivity contribution in [2.45, 2.75) is 89.4 Å². The van der Waals surface area contributed by atoms with E-state index in [4.69, 9.17) is 23.7 Å². The van der Waals surface area contributed by atoms with E-state index in [2.05, 4.69) is 32.2 Å². The van der Waals surface area contributed by atoms with Gasteiger partial charge in [-0.15, -0.1) is 0 Å². The third kappa shape index (κ3) is 4.91. The summed E-state index contributed by atoms with van der Waals surface area (Å²) >= 11 is 0. The zero-order valence-electron chi connectivity index (χ0n) is 19.7. The summed E-state index contributed by atoms with van der Waals surface area (Å²) in [7, 11) is 2.93. The maximum Gasteiger partial charge on any atom is 0.408 e. The van der Waals surface area contributed by atoms with E-state index < -0.39 is 29.8 Å². The largest absolute Gasteiger partial charge is 0.467 e. The summed E-state index contributed by atoms with van der Waals surface area (Å²) in [4.78, 5) is 24.6. The van der Waals surface area contributed by atoms with Gasteiger partial charge in [-0.05, 0) is 46.0 Å². The molecular weight excluding hydrogens is 402 g/mol. The Balaban J connectivity index is 1.71. The number of carbonyl (C=O) groups is 2. The summed E-state index contributed by atoms with van der Waals surface area (Å²) in [5, 5.41) is 2.64. The molecule has 7 atom stereocenters. The molecule has 0 radical (unpaired) electrons. The molecule has 1 spiro atoms. The van der Waals surface area contributed by atoms with Gasteiger partial charge in [0, 0.05) is 7.11 Å². The van der Waals surface area contributed by atoms with Crippen molar-refractivity contribution in [1.29, 1.82) is 0 Å². The standard InChI is InChI=1S/C23H37NO7/c1-13(2)8-9-16-22(5,31-16)19-18(27-6)15(10-11-23(19)12-29-23)30-21(26)24-17(14(3)4)20(25)28-7/h8,14-19H,9-12H2,1-7H3,(H,24,26)/t15-,16-,17-,18-,19+,22+,23+/m1/s1. The van der Waals surface area contributed by atoms with Gasteiger partial charge in [-0.25, -0.2) is 9.59 Å². The maximum absolute atomic E-state index is 12.6. The number of esters is 1. The minimum absolute atomic E-state index is 0.0476. The van der Waals surface area contributed by atoms with Gasteiger partial charge in [0.25, 0.3) is 0 Å². The van der Waals surface area contributed by atoms with Gasteiger partial charge in [0.2, 0.25) is 0 Å². The Morgan fingerprint density at radius 3 is 2.45 bits per heavy atom. The molecule has 1 saturated carbocycles. The van der Waals surface area contributed by atoms with Crippen molar-refractivity contribution in [1.82, 2.24) is 5.32 Å². The molecule has 8 heteroatoms. The number of alkyl carbamates (subject to hydrolysis) is 1. The Kier molecular flexibility index (Phi) is 7.03. The van der Waals surface area contributed by atoms with Crippen LogP contribution in [0.2, 0.25) is 0 Å². The third-order valence-electron chi connectivity index (χ3n) is 6.89. The van der Waals surface area contributed by atoms with Crippen LogP contribution in [0.4, 0.5) is 4.79 Å². The van der Waals surface area contributed by atoms with E-state index in [0.29, 0.717) is 13.0 Å². The molecule has 2 saturated heterocycles. The fraction of sp³-hybridized carbons (Fsp3) is 0.826. The quantitative estimate of drug-likeness (QED) is 0.353. The van der Waals surface area contributed by atoms with Crippen LogP contribution < -0.4 is 5.32 Å². The number of hydrogen-bond donors (Lipinski definition) is 1. The van der Waals surface area contributed by atoms with Crippen molar-refractivity contribution >= 4 is 12.1 Å². The molecule has 2 heterocycles. The average molecular weight is 440 g/mol. The molecule has 1 N–H and O–H groups in total. The number of epoxide rings is 2. The first kappa shape index (κ1) is 24.0. The van der Waals surface area contributed by atoms with Crippen molar-refractivity contribution in [2.75, 3.05) is 20.8 Å². The van der Waals surface area contributed by atoms with Gasteiger partial charge >= 0.3 is 12.1 Å². The number of nitrogens with one attached hydrogen (secondary N) is 1. The summed E-state index contributed by atoms with van der Waals surface area (Å²) in [5.41, 5.74) is 0.580. The molecule has 1 aliphatic carbocycles. The highest BCUT2D eigenvalue weighted by molar-refractivity contribution is 5.81. The zero-order chi connectivity index (χ0) is 23.0. The van der Waals surface area contributed by atoms with Gasteiger partial charge in [0.05, 0.1) is 25.7 Å². The average Bonchev–Trinajstić information content (AvgIpc) is 3.62. The summed E-state index contributed by atoms with van der Waals surface area (Å²) in [6.07, 6.45) is 3.04. The number of carbonyl (C=O) groups excluding carboxylic acids is 2. The molecule has 176 valence electrons. The van der Waals surface area contributed by atoms with Crippen molar-refractivity contribution in [2.24, 2.45) is 11.8 Å². The van der Waals surface area contributed by atoms with E-state index in [1.54, 1.807) is 7.11 Å². The van der Waals surface area contributed by atoms with Crippen molar-refractivity contribution < 1.29 is 33.3 Å². The first-order valence-corrected chi connectivity index (χ1v) is 11.1. The molecule has 0 aromatic carbocycles. The van der Waals surface area contributed by atoms with Crippen LogP contribution in [0, 0.1) is 11.8 Å². The Labute approximate surface area is 185 Å². The van der Waals surface area contributed by atoms with Crippen molar-refractivity contribution in [3.8, 4) is 0 Å². The predicted octanol–water partition coefficient (Wildman–Crippen LogP) is 2.99. The van der Waals surface area contributed by atoms with Crippen LogP contribution in [-0.2, 0) is 28.5 Å². The number of ether oxygens (including phenoxy) is 5. The second-order valence-corrected chi connectivity index (χ2v) is 9.71. The van der Waals surface area contributed by atoms with Crippen LogP contribution in [-0.4, -0.2) is 68.4 Å². The first-order chi connectivity index (χ1) is 14.6. The molecular formula is C23H37NO7. The topological polar surface area (TPSA) is 98.9 Å². The van der Waals surface area contributed by atoms with Gasteiger partial charge in [0.1, 0.15) is 29.5 Å². The Hall–Kier alpha value is -1.64. The minimum atomic E-state index is -0.770. The van der Waals surface area contributed by atoms with E-state index in [0.717, 1.165) is 12.8 Å². The smallest absolute Gasteiger partial charge is 0.408 e. The normalized spacial score (nSPS) is 37.2. The van der Waals surface area contributed by atoms with E-state index in [9.17, 15) is 9.59 Å². The molecule has 3 aliphatic rings. The van der Waals surface area contributed by atoms with Gasteiger partial charge in [-0.3, -0.25) is 0 Å². The van der Waals surface area contributed by atoms with Crippen LogP contribution in [0.25, 0.3) is 0 Å². The predicted molar refractivity (Wildman–Crippen MR) is 114 cm³/mol. The summed E-state index contributed by atoms with van der Waals surface area (Å²) in [6.45, 7) is 10.6. The zero-order valence-corrected chi connectivity index (χ0v) is 19.7. The number of hydrogen-bond acceptors (Lipinski definition) is 7. The summed E-state index contributed by atoms with van der Waals surface area (Å²) in [5.74, 6) is -0.674. The molecule has 3 fully saturated rings. The van der Waals surface area contributed by atoms with Crippen LogP contribution in [0.5, 0.6) is 0 Å².